The molecule has 92 valence electrons. The van der Waals surface area contributed by atoms with Crippen molar-refractivity contribution >= 4 is 16.1 Å². The molecule has 1 amide bonds. The molecule has 2 aliphatic rings. The van der Waals surface area contributed by atoms with Gasteiger partial charge in [0.25, 0.3) is 5.91 Å². The second kappa shape index (κ2) is 4.00. The highest BCUT2D eigenvalue weighted by Gasteiger charge is 2.53. The molecule has 0 atom stereocenters. The number of carbonyl (C=O) groups excluding carboxylic acids is 1. The van der Waals surface area contributed by atoms with E-state index in [1.54, 1.807) is 6.92 Å². The minimum atomic E-state index is -3.58. The van der Waals surface area contributed by atoms with E-state index in [0.717, 1.165) is 30.0 Å². The van der Waals surface area contributed by atoms with Crippen molar-refractivity contribution in [1.29, 1.82) is 0 Å². The van der Waals surface area contributed by atoms with Crippen LogP contribution in [0.2, 0.25) is 0 Å². The highest BCUT2D eigenvalue weighted by molar-refractivity contribution is 7.88. The summed E-state index contributed by atoms with van der Waals surface area (Å²) in [5.74, 6) is -0.253. The van der Waals surface area contributed by atoms with Gasteiger partial charge in [-0.15, -0.1) is 0 Å². The summed E-state index contributed by atoms with van der Waals surface area (Å²) in [4.78, 5) is 12.2. The van der Waals surface area contributed by atoms with Crippen LogP contribution >= 0.6 is 0 Å². The fourth-order valence-corrected chi connectivity index (χ4v) is 4.28. The van der Waals surface area contributed by atoms with Crippen LogP contribution in [0.25, 0.3) is 0 Å². The summed E-state index contributed by atoms with van der Waals surface area (Å²) in [5, 5.41) is 0. The Morgan fingerprint density at radius 3 is 2.25 bits per heavy atom. The Kier molecular flexibility index (Phi) is 2.96. The number of rotatable bonds is 1. The van der Waals surface area contributed by atoms with E-state index in [1.807, 2.05) is 0 Å². The van der Waals surface area contributed by atoms with Crippen LogP contribution in [0, 0.1) is 0 Å². The van der Waals surface area contributed by atoms with Crippen LogP contribution in [-0.4, -0.2) is 30.7 Å². The number of hydrogen-bond acceptors (Lipinski definition) is 3. The molecule has 6 heteroatoms. The molecule has 0 aromatic heterocycles. The first kappa shape index (κ1) is 11.9. The molecule has 2 rings (SSSR count). The molecule has 16 heavy (non-hydrogen) atoms. The van der Waals surface area contributed by atoms with Gasteiger partial charge in [-0.3, -0.25) is 4.79 Å². The Morgan fingerprint density at radius 2 is 1.81 bits per heavy atom. The van der Waals surface area contributed by atoms with Crippen molar-refractivity contribution in [1.82, 2.24) is 9.03 Å². The molecule has 1 saturated carbocycles. The highest BCUT2D eigenvalue weighted by Crippen LogP contribution is 2.34. The molecule has 5 nitrogen and oxygen atoms in total. The van der Waals surface area contributed by atoms with Crippen molar-refractivity contribution < 1.29 is 13.2 Å². The van der Waals surface area contributed by atoms with E-state index in [4.69, 9.17) is 0 Å². The Bertz CT molecular complexity index is 383. The maximum Gasteiger partial charge on any atom is 0.304 e. The van der Waals surface area contributed by atoms with Crippen LogP contribution < -0.4 is 4.72 Å². The van der Waals surface area contributed by atoms with Crippen LogP contribution in [-0.2, 0) is 15.0 Å². The van der Waals surface area contributed by atoms with Gasteiger partial charge < -0.3 is 0 Å². The summed E-state index contributed by atoms with van der Waals surface area (Å²) < 4.78 is 27.1. The molecule has 1 N–H and O–H groups in total. The maximum absolute atomic E-state index is 12.2. The first-order chi connectivity index (χ1) is 7.52. The minimum Gasteiger partial charge on any atom is -0.272 e. The van der Waals surface area contributed by atoms with Crippen molar-refractivity contribution in [2.24, 2.45) is 0 Å². The summed E-state index contributed by atoms with van der Waals surface area (Å²) in [5.41, 5.74) is -0.828. The lowest BCUT2D eigenvalue weighted by molar-refractivity contribution is -0.131. The molecule has 1 spiro atoms. The second-order valence-corrected chi connectivity index (χ2v) is 6.17. The first-order valence-electron chi connectivity index (χ1n) is 5.88. The molecule has 0 bridgehead atoms. The van der Waals surface area contributed by atoms with E-state index in [-0.39, 0.29) is 12.5 Å². The van der Waals surface area contributed by atoms with Gasteiger partial charge in [0.05, 0.1) is 0 Å². The number of nitrogens with zero attached hydrogens (tertiary/aromatic N) is 1. The third kappa shape index (κ3) is 1.73. The number of likely N-dealkylation sites (N-methyl/N-ethyl adjacent to an activating group) is 1. The quantitative estimate of drug-likeness (QED) is 0.743. The zero-order chi connectivity index (χ0) is 11.8. The van der Waals surface area contributed by atoms with Gasteiger partial charge in [0, 0.05) is 6.54 Å². The smallest absolute Gasteiger partial charge is 0.272 e. The monoisotopic (exact) mass is 246 g/mol. The van der Waals surface area contributed by atoms with Gasteiger partial charge in [-0.2, -0.15) is 13.1 Å². The van der Waals surface area contributed by atoms with Crippen molar-refractivity contribution in [3.8, 4) is 0 Å². The summed E-state index contributed by atoms with van der Waals surface area (Å²) in [6.07, 6.45) is 5.30. The predicted molar refractivity (Wildman–Crippen MR) is 59.9 cm³/mol. The van der Waals surface area contributed by atoms with Gasteiger partial charge in [0.1, 0.15) is 5.54 Å². The van der Waals surface area contributed by atoms with Gasteiger partial charge in [-0.05, 0) is 19.8 Å². The van der Waals surface area contributed by atoms with E-state index < -0.39 is 15.7 Å². The van der Waals surface area contributed by atoms with Gasteiger partial charge in [0.15, 0.2) is 0 Å². The van der Waals surface area contributed by atoms with Crippen molar-refractivity contribution in [2.75, 3.05) is 6.54 Å². The topological polar surface area (TPSA) is 66.5 Å². The second-order valence-electron chi connectivity index (χ2n) is 4.57. The van der Waals surface area contributed by atoms with Gasteiger partial charge in [0.2, 0.25) is 0 Å². The Morgan fingerprint density at radius 1 is 1.25 bits per heavy atom. The molecule has 1 saturated heterocycles. The van der Waals surface area contributed by atoms with Crippen molar-refractivity contribution in [2.45, 2.75) is 51.0 Å². The van der Waals surface area contributed by atoms with Gasteiger partial charge in [-0.1, -0.05) is 25.7 Å². The summed E-state index contributed by atoms with van der Waals surface area (Å²) in [6, 6.07) is 0. The molecule has 0 aromatic rings. The van der Waals surface area contributed by atoms with Crippen molar-refractivity contribution in [3.63, 3.8) is 0 Å². The maximum atomic E-state index is 12.2. The van der Waals surface area contributed by atoms with E-state index in [0.29, 0.717) is 12.8 Å². The minimum absolute atomic E-state index is 0.218. The predicted octanol–water partition coefficient (Wildman–Crippen LogP) is 0.776. The molecule has 1 heterocycles. The van der Waals surface area contributed by atoms with Crippen LogP contribution in [0.5, 0.6) is 0 Å². The van der Waals surface area contributed by atoms with Gasteiger partial charge in [-0.25, -0.2) is 4.31 Å². The van der Waals surface area contributed by atoms with E-state index in [2.05, 4.69) is 4.72 Å². The molecular weight excluding hydrogens is 228 g/mol. The van der Waals surface area contributed by atoms with E-state index in [9.17, 15) is 13.2 Å². The largest absolute Gasteiger partial charge is 0.304 e. The highest BCUT2D eigenvalue weighted by atomic mass is 32.2. The lowest BCUT2D eigenvalue weighted by Gasteiger charge is -2.23. The first-order valence-corrected chi connectivity index (χ1v) is 7.32. The third-order valence-corrected chi connectivity index (χ3v) is 5.15. The fourth-order valence-electron chi connectivity index (χ4n) is 2.66. The molecule has 2 fully saturated rings. The Labute approximate surface area is 96.4 Å². The number of amides is 1. The van der Waals surface area contributed by atoms with E-state index >= 15 is 0 Å². The molecule has 1 aliphatic carbocycles. The van der Waals surface area contributed by atoms with Crippen molar-refractivity contribution in [3.05, 3.63) is 0 Å². The zero-order valence-electron chi connectivity index (χ0n) is 9.53. The van der Waals surface area contributed by atoms with Crippen LogP contribution in [0.4, 0.5) is 0 Å². The molecular formula is C10H18N2O3S. The van der Waals surface area contributed by atoms with Crippen LogP contribution in [0.3, 0.4) is 0 Å². The average Bonchev–Trinajstić information content (AvgIpc) is 2.40. The normalized spacial score (nSPS) is 28.3. The summed E-state index contributed by atoms with van der Waals surface area (Å²) in [6.45, 7) is 1.91. The van der Waals surface area contributed by atoms with Crippen LogP contribution in [0.1, 0.15) is 45.4 Å². The zero-order valence-corrected chi connectivity index (χ0v) is 10.3. The number of nitrogens with one attached hydrogen (secondary N) is 1. The molecule has 0 unspecified atom stereocenters. The lowest BCUT2D eigenvalue weighted by atomic mass is 9.90. The summed E-state index contributed by atoms with van der Waals surface area (Å²) in [7, 11) is -3.58. The fraction of sp³-hybridized carbons (Fsp3) is 0.900. The average molecular weight is 246 g/mol. The Balaban J connectivity index is 2.33. The lowest BCUT2D eigenvalue weighted by Crippen LogP contribution is -2.46. The standard InChI is InChI=1S/C10H18N2O3S/c1-2-12-9(13)10(11-16(12,14)15)7-5-3-4-6-8-10/h11H,2-8H2,1H3. The molecule has 0 aromatic carbocycles. The Hall–Kier alpha value is -0.620. The molecule has 0 radical (unpaired) electrons. The molecule has 1 aliphatic heterocycles. The number of carbonyl (C=O) groups is 1. The number of hydrogen-bond donors (Lipinski definition) is 1. The SMILES string of the molecule is CCN1C(=O)C2(CCCCCC2)NS1(=O)=O. The van der Waals surface area contributed by atoms with E-state index in [1.165, 1.54) is 0 Å². The van der Waals surface area contributed by atoms with Gasteiger partial charge >= 0.3 is 10.2 Å². The van der Waals surface area contributed by atoms with Crippen LogP contribution in [0.15, 0.2) is 0 Å². The third-order valence-electron chi connectivity index (χ3n) is 3.49. The summed E-state index contributed by atoms with van der Waals surface area (Å²) >= 11 is 0.